The quantitative estimate of drug-likeness (QED) is 0.584. The van der Waals surface area contributed by atoms with Crippen LogP contribution in [0.15, 0.2) is 24.8 Å². The SMILES string of the molecule is C=CC[C@H](OC)[C@H](NC(C)=O)[C@@H]1N[C@@H](C(=O)O)C[C@H]1C=CC. The average Bonchev–Trinajstić information content (AvgIpc) is 2.87. The normalized spacial score (nSPS) is 27.5. The number of carbonyl (C=O) groups excluding carboxylic acids is 1. The van der Waals surface area contributed by atoms with Gasteiger partial charge >= 0.3 is 5.97 Å². The molecule has 1 aliphatic rings. The molecule has 0 aromatic heterocycles. The molecule has 0 saturated carbocycles. The van der Waals surface area contributed by atoms with Crippen molar-refractivity contribution in [1.82, 2.24) is 10.6 Å². The van der Waals surface area contributed by atoms with Gasteiger partial charge in [0.1, 0.15) is 6.04 Å². The summed E-state index contributed by atoms with van der Waals surface area (Å²) in [5, 5.41) is 15.3. The van der Waals surface area contributed by atoms with Crippen molar-refractivity contribution in [3.05, 3.63) is 24.8 Å². The molecule has 1 aliphatic heterocycles. The molecule has 124 valence electrons. The molecule has 1 rings (SSSR count). The molecule has 0 aromatic rings. The second-order valence-corrected chi connectivity index (χ2v) is 5.53. The van der Waals surface area contributed by atoms with Crippen molar-refractivity contribution in [2.24, 2.45) is 5.92 Å². The number of allylic oxidation sites excluding steroid dienone is 1. The first-order chi connectivity index (χ1) is 10.4. The lowest BCUT2D eigenvalue weighted by Gasteiger charge is -2.33. The number of rotatable bonds is 8. The maximum absolute atomic E-state index is 11.6. The summed E-state index contributed by atoms with van der Waals surface area (Å²) in [5.74, 6) is -1.03. The summed E-state index contributed by atoms with van der Waals surface area (Å²) < 4.78 is 5.49. The van der Waals surface area contributed by atoms with Crippen LogP contribution in [0.25, 0.3) is 0 Å². The van der Waals surface area contributed by atoms with Gasteiger partial charge in [-0.15, -0.1) is 6.58 Å². The number of ether oxygens (including phenoxy) is 1. The zero-order valence-corrected chi connectivity index (χ0v) is 13.4. The van der Waals surface area contributed by atoms with E-state index in [1.54, 1.807) is 13.2 Å². The van der Waals surface area contributed by atoms with Crippen LogP contribution in [-0.4, -0.2) is 48.3 Å². The van der Waals surface area contributed by atoms with Crippen LogP contribution in [0.2, 0.25) is 0 Å². The first-order valence-corrected chi connectivity index (χ1v) is 7.47. The van der Waals surface area contributed by atoms with Crippen molar-refractivity contribution in [1.29, 1.82) is 0 Å². The predicted molar refractivity (Wildman–Crippen MR) is 84.5 cm³/mol. The number of hydrogen-bond acceptors (Lipinski definition) is 4. The number of carboxylic acids is 1. The second kappa shape index (κ2) is 8.70. The highest BCUT2D eigenvalue weighted by Crippen LogP contribution is 2.27. The van der Waals surface area contributed by atoms with Crippen LogP contribution in [0, 0.1) is 5.92 Å². The van der Waals surface area contributed by atoms with Crippen LogP contribution in [0.3, 0.4) is 0 Å². The lowest BCUT2D eigenvalue weighted by molar-refractivity contribution is -0.139. The lowest BCUT2D eigenvalue weighted by atomic mass is 9.89. The number of carboxylic acid groups (broad SMARTS) is 1. The molecule has 1 saturated heterocycles. The summed E-state index contributed by atoms with van der Waals surface area (Å²) in [6.45, 7) is 7.06. The van der Waals surface area contributed by atoms with E-state index < -0.39 is 12.0 Å². The van der Waals surface area contributed by atoms with Gasteiger partial charge in [-0.3, -0.25) is 14.9 Å². The summed E-state index contributed by atoms with van der Waals surface area (Å²) >= 11 is 0. The Labute approximate surface area is 131 Å². The number of carbonyl (C=O) groups is 2. The minimum Gasteiger partial charge on any atom is -0.480 e. The molecule has 0 aliphatic carbocycles. The van der Waals surface area contributed by atoms with Gasteiger partial charge in [0, 0.05) is 20.1 Å². The lowest BCUT2D eigenvalue weighted by Crippen LogP contribution is -2.57. The van der Waals surface area contributed by atoms with Gasteiger partial charge < -0.3 is 15.2 Å². The molecule has 5 atom stereocenters. The zero-order chi connectivity index (χ0) is 16.7. The van der Waals surface area contributed by atoms with Crippen LogP contribution < -0.4 is 10.6 Å². The molecule has 6 nitrogen and oxygen atoms in total. The van der Waals surface area contributed by atoms with E-state index in [1.807, 2.05) is 19.1 Å². The Kier molecular flexibility index (Phi) is 7.27. The Hall–Kier alpha value is -1.66. The van der Waals surface area contributed by atoms with Gasteiger partial charge in [0.2, 0.25) is 5.91 Å². The van der Waals surface area contributed by atoms with Crippen LogP contribution >= 0.6 is 0 Å². The molecule has 6 heteroatoms. The summed E-state index contributed by atoms with van der Waals surface area (Å²) in [6, 6.07) is -1.15. The largest absolute Gasteiger partial charge is 0.480 e. The molecule has 0 unspecified atom stereocenters. The van der Waals surface area contributed by atoms with Crippen LogP contribution in [0.5, 0.6) is 0 Å². The van der Waals surface area contributed by atoms with E-state index in [2.05, 4.69) is 17.2 Å². The van der Waals surface area contributed by atoms with E-state index >= 15 is 0 Å². The second-order valence-electron chi connectivity index (χ2n) is 5.53. The number of amides is 1. The fourth-order valence-electron chi connectivity index (χ4n) is 3.03. The summed E-state index contributed by atoms with van der Waals surface area (Å²) in [4.78, 5) is 22.8. The number of hydrogen-bond donors (Lipinski definition) is 3. The van der Waals surface area contributed by atoms with Gasteiger partial charge in [-0.25, -0.2) is 0 Å². The minimum atomic E-state index is -0.878. The fraction of sp³-hybridized carbons (Fsp3) is 0.625. The Morgan fingerprint density at radius 2 is 2.23 bits per heavy atom. The first-order valence-electron chi connectivity index (χ1n) is 7.47. The van der Waals surface area contributed by atoms with Crippen molar-refractivity contribution >= 4 is 11.9 Å². The minimum absolute atomic E-state index is 0.0189. The molecular weight excluding hydrogens is 284 g/mol. The summed E-state index contributed by atoms with van der Waals surface area (Å²) in [7, 11) is 1.58. The van der Waals surface area contributed by atoms with E-state index in [9.17, 15) is 14.7 Å². The highest BCUT2D eigenvalue weighted by molar-refractivity contribution is 5.75. The topological polar surface area (TPSA) is 87.7 Å². The molecule has 0 radical (unpaired) electrons. The van der Waals surface area contributed by atoms with Gasteiger partial charge in [0.15, 0.2) is 0 Å². The number of methoxy groups -OCH3 is 1. The van der Waals surface area contributed by atoms with Crippen LogP contribution in [-0.2, 0) is 14.3 Å². The predicted octanol–water partition coefficient (Wildman–Crippen LogP) is 1.09. The third-order valence-electron chi connectivity index (χ3n) is 3.96. The van der Waals surface area contributed by atoms with Crippen molar-refractivity contribution in [2.45, 2.75) is 50.9 Å². The third kappa shape index (κ3) is 4.68. The first kappa shape index (κ1) is 18.4. The monoisotopic (exact) mass is 310 g/mol. The molecule has 0 bridgehead atoms. The fourth-order valence-corrected chi connectivity index (χ4v) is 3.03. The Morgan fingerprint density at radius 1 is 1.55 bits per heavy atom. The molecule has 22 heavy (non-hydrogen) atoms. The molecule has 1 heterocycles. The van der Waals surface area contributed by atoms with Gasteiger partial charge in [-0.05, 0) is 25.7 Å². The maximum atomic E-state index is 11.6. The summed E-state index contributed by atoms with van der Waals surface area (Å²) in [6.07, 6.45) is 6.42. The Balaban J connectivity index is 3.05. The maximum Gasteiger partial charge on any atom is 0.320 e. The van der Waals surface area contributed by atoms with Gasteiger partial charge in [-0.2, -0.15) is 0 Å². The zero-order valence-electron chi connectivity index (χ0n) is 13.4. The van der Waals surface area contributed by atoms with E-state index in [1.165, 1.54) is 6.92 Å². The van der Waals surface area contributed by atoms with Crippen molar-refractivity contribution in [3.63, 3.8) is 0 Å². The number of aliphatic carboxylic acids is 1. The van der Waals surface area contributed by atoms with Crippen molar-refractivity contribution < 1.29 is 19.4 Å². The molecule has 3 N–H and O–H groups in total. The van der Waals surface area contributed by atoms with Crippen LogP contribution in [0.1, 0.15) is 26.7 Å². The van der Waals surface area contributed by atoms with Crippen LogP contribution in [0.4, 0.5) is 0 Å². The molecule has 1 fully saturated rings. The molecular formula is C16H26N2O4. The standard InChI is InChI=1S/C16H26N2O4/c1-5-7-11-9-12(16(20)21)18-14(11)15(17-10(3)19)13(22-4)8-6-2/h5-7,11-15,18H,2,8-9H2,1,3-4H3,(H,17,19)(H,20,21)/t11-,12-,13+,14-,15+/m1/s1. The Bertz CT molecular complexity index is 436. The van der Waals surface area contributed by atoms with E-state index in [0.29, 0.717) is 12.8 Å². The highest BCUT2D eigenvalue weighted by atomic mass is 16.5. The van der Waals surface area contributed by atoms with Crippen molar-refractivity contribution in [3.8, 4) is 0 Å². The number of nitrogens with one attached hydrogen (secondary N) is 2. The van der Waals surface area contributed by atoms with E-state index in [0.717, 1.165) is 0 Å². The van der Waals surface area contributed by atoms with Crippen molar-refractivity contribution in [2.75, 3.05) is 7.11 Å². The van der Waals surface area contributed by atoms with E-state index in [4.69, 9.17) is 4.74 Å². The van der Waals surface area contributed by atoms with Gasteiger partial charge in [-0.1, -0.05) is 18.2 Å². The molecule has 1 amide bonds. The smallest absolute Gasteiger partial charge is 0.320 e. The third-order valence-corrected chi connectivity index (χ3v) is 3.96. The van der Waals surface area contributed by atoms with Gasteiger partial charge in [0.25, 0.3) is 0 Å². The summed E-state index contributed by atoms with van der Waals surface area (Å²) in [5.41, 5.74) is 0. The highest BCUT2D eigenvalue weighted by Gasteiger charge is 2.42. The Morgan fingerprint density at radius 3 is 2.68 bits per heavy atom. The van der Waals surface area contributed by atoms with Gasteiger partial charge in [0.05, 0.1) is 12.1 Å². The molecule has 0 aromatic carbocycles. The van der Waals surface area contributed by atoms with E-state index in [-0.39, 0.29) is 30.0 Å². The molecule has 0 spiro atoms. The average molecular weight is 310 g/mol.